The summed E-state index contributed by atoms with van der Waals surface area (Å²) < 4.78 is 19.8. The summed E-state index contributed by atoms with van der Waals surface area (Å²) >= 11 is 6.34. The highest BCUT2D eigenvalue weighted by Gasteiger charge is 2.35. The van der Waals surface area contributed by atoms with E-state index >= 15 is 0 Å². The predicted octanol–water partition coefficient (Wildman–Crippen LogP) is 5.06. The number of aromatic nitrogens is 2. The van der Waals surface area contributed by atoms with E-state index in [1.807, 2.05) is 38.1 Å². The standard InChI is InChI=1S/C22H25ClFN3O/c1-14-19-11-17(23)12-20(21(19)27-26-14)15(2)28-13-22(7-9-25-10-8-22)16-3-5-18(24)6-4-16/h3-6,11-12,15,25H,7-10,13H2,1-2H3,(H,26,27)/t15-/m1/s1. The topological polar surface area (TPSA) is 49.9 Å². The molecule has 148 valence electrons. The van der Waals surface area contributed by atoms with Crippen molar-refractivity contribution in [3.63, 3.8) is 0 Å². The van der Waals surface area contributed by atoms with Crippen molar-refractivity contribution in [3.05, 3.63) is 64.1 Å². The van der Waals surface area contributed by atoms with Gasteiger partial charge in [0.1, 0.15) is 5.82 Å². The molecule has 1 aliphatic heterocycles. The van der Waals surface area contributed by atoms with E-state index in [-0.39, 0.29) is 17.3 Å². The van der Waals surface area contributed by atoms with E-state index in [1.54, 1.807) is 0 Å². The first-order chi connectivity index (χ1) is 13.5. The summed E-state index contributed by atoms with van der Waals surface area (Å²) in [6.45, 7) is 6.44. The second-order valence-corrected chi connectivity index (χ2v) is 8.17. The molecular formula is C22H25ClFN3O. The van der Waals surface area contributed by atoms with Gasteiger partial charge < -0.3 is 10.1 Å². The van der Waals surface area contributed by atoms with Crippen molar-refractivity contribution in [2.45, 2.75) is 38.2 Å². The van der Waals surface area contributed by atoms with Crippen molar-refractivity contribution in [2.75, 3.05) is 19.7 Å². The molecule has 0 radical (unpaired) electrons. The Morgan fingerprint density at radius 1 is 1.21 bits per heavy atom. The van der Waals surface area contributed by atoms with E-state index in [1.165, 1.54) is 12.1 Å². The number of ether oxygens (including phenoxy) is 1. The minimum atomic E-state index is -0.211. The molecule has 1 aromatic heterocycles. The van der Waals surface area contributed by atoms with Gasteiger partial charge in [-0.3, -0.25) is 5.10 Å². The lowest BCUT2D eigenvalue weighted by Gasteiger charge is -2.38. The van der Waals surface area contributed by atoms with Gasteiger partial charge >= 0.3 is 0 Å². The predicted molar refractivity (Wildman–Crippen MR) is 110 cm³/mol. The Bertz CT molecular complexity index is 964. The molecule has 0 amide bonds. The van der Waals surface area contributed by atoms with E-state index in [9.17, 15) is 4.39 Å². The van der Waals surface area contributed by atoms with Crippen LogP contribution in [-0.4, -0.2) is 29.9 Å². The third-order valence-corrected chi connectivity index (χ3v) is 6.13. The minimum absolute atomic E-state index is 0.119. The lowest BCUT2D eigenvalue weighted by atomic mass is 9.74. The number of hydrogen-bond acceptors (Lipinski definition) is 3. The summed E-state index contributed by atoms with van der Waals surface area (Å²) in [6, 6.07) is 10.7. The summed E-state index contributed by atoms with van der Waals surface area (Å²) in [7, 11) is 0. The van der Waals surface area contributed by atoms with Crippen LogP contribution < -0.4 is 5.32 Å². The van der Waals surface area contributed by atoms with Crippen molar-refractivity contribution in [1.29, 1.82) is 0 Å². The molecule has 2 aromatic carbocycles. The fourth-order valence-electron chi connectivity index (χ4n) is 4.14. The van der Waals surface area contributed by atoms with Gasteiger partial charge in [-0.1, -0.05) is 23.7 Å². The SMILES string of the molecule is Cc1[nH]nc2c([C@@H](C)OCC3(c4ccc(F)cc4)CCNCC3)cc(Cl)cc12. The monoisotopic (exact) mass is 401 g/mol. The molecule has 0 saturated carbocycles. The number of fused-ring (bicyclic) bond motifs is 1. The van der Waals surface area contributed by atoms with E-state index < -0.39 is 0 Å². The highest BCUT2D eigenvalue weighted by atomic mass is 35.5. The molecule has 2 N–H and O–H groups in total. The highest BCUT2D eigenvalue weighted by Crippen LogP contribution is 2.37. The third kappa shape index (κ3) is 3.66. The molecule has 0 aliphatic carbocycles. The number of nitrogens with zero attached hydrogens (tertiary/aromatic N) is 1. The van der Waals surface area contributed by atoms with Crippen LogP contribution in [0.25, 0.3) is 10.9 Å². The van der Waals surface area contributed by atoms with Gasteiger partial charge in [-0.15, -0.1) is 0 Å². The molecule has 0 bridgehead atoms. The minimum Gasteiger partial charge on any atom is -0.373 e. The number of benzene rings is 2. The first-order valence-electron chi connectivity index (χ1n) is 9.71. The quantitative estimate of drug-likeness (QED) is 0.628. The van der Waals surface area contributed by atoms with Crippen LogP contribution in [-0.2, 0) is 10.2 Å². The molecule has 0 spiro atoms. The van der Waals surface area contributed by atoms with Crippen LogP contribution in [0.3, 0.4) is 0 Å². The van der Waals surface area contributed by atoms with E-state index in [4.69, 9.17) is 16.3 Å². The second-order valence-electron chi connectivity index (χ2n) is 7.73. The van der Waals surface area contributed by atoms with Crippen LogP contribution in [0, 0.1) is 12.7 Å². The van der Waals surface area contributed by atoms with Crippen LogP contribution in [0.4, 0.5) is 4.39 Å². The lowest BCUT2D eigenvalue weighted by molar-refractivity contribution is 0.0172. The maximum absolute atomic E-state index is 13.4. The molecule has 1 aliphatic rings. The van der Waals surface area contributed by atoms with Gasteiger partial charge in [0.2, 0.25) is 0 Å². The lowest BCUT2D eigenvalue weighted by Crippen LogP contribution is -2.43. The normalized spacial score (nSPS) is 17.7. The van der Waals surface area contributed by atoms with Gasteiger partial charge in [-0.05, 0) is 69.6 Å². The Hall–Kier alpha value is -1.95. The van der Waals surface area contributed by atoms with Crippen molar-refractivity contribution in [1.82, 2.24) is 15.5 Å². The molecule has 28 heavy (non-hydrogen) atoms. The Morgan fingerprint density at radius 3 is 2.64 bits per heavy atom. The Labute approximate surface area is 169 Å². The first-order valence-corrected chi connectivity index (χ1v) is 10.1. The van der Waals surface area contributed by atoms with Gasteiger partial charge in [-0.2, -0.15) is 5.10 Å². The number of halogens is 2. The number of hydrogen-bond donors (Lipinski definition) is 2. The van der Waals surface area contributed by atoms with Crippen LogP contribution in [0.15, 0.2) is 36.4 Å². The molecule has 0 unspecified atom stereocenters. The molecule has 4 nitrogen and oxygen atoms in total. The van der Waals surface area contributed by atoms with Crippen LogP contribution in [0.2, 0.25) is 5.02 Å². The molecule has 1 fully saturated rings. The van der Waals surface area contributed by atoms with Crippen LogP contribution >= 0.6 is 11.6 Å². The van der Waals surface area contributed by atoms with Gasteiger partial charge in [0.15, 0.2) is 0 Å². The van der Waals surface area contributed by atoms with Crippen molar-refractivity contribution < 1.29 is 9.13 Å². The average molecular weight is 402 g/mol. The van der Waals surface area contributed by atoms with Crippen LogP contribution in [0.1, 0.15) is 42.7 Å². The fourth-order valence-corrected chi connectivity index (χ4v) is 4.37. The van der Waals surface area contributed by atoms with E-state index in [0.717, 1.165) is 53.7 Å². The zero-order valence-electron chi connectivity index (χ0n) is 16.2. The molecular weight excluding hydrogens is 377 g/mol. The smallest absolute Gasteiger partial charge is 0.123 e. The van der Waals surface area contributed by atoms with E-state index in [2.05, 4.69) is 15.5 Å². The fraction of sp³-hybridized carbons (Fsp3) is 0.409. The molecule has 2 heterocycles. The molecule has 3 aromatic rings. The summed E-state index contributed by atoms with van der Waals surface area (Å²) in [6.07, 6.45) is 1.76. The third-order valence-electron chi connectivity index (χ3n) is 5.91. The Morgan fingerprint density at radius 2 is 1.93 bits per heavy atom. The summed E-state index contributed by atoms with van der Waals surface area (Å²) in [5, 5.41) is 12.6. The molecule has 1 atom stereocenters. The number of H-pyrrole nitrogens is 1. The zero-order chi connectivity index (χ0) is 19.7. The second kappa shape index (κ2) is 7.82. The maximum Gasteiger partial charge on any atom is 0.123 e. The number of aryl methyl sites for hydroxylation is 1. The Balaban J connectivity index is 1.60. The highest BCUT2D eigenvalue weighted by molar-refractivity contribution is 6.31. The van der Waals surface area contributed by atoms with Gasteiger partial charge in [-0.25, -0.2) is 4.39 Å². The van der Waals surface area contributed by atoms with Crippen LogP contribution in [0.5, 0.6) is 0 Å². The average Bonchev–Trinajstić information content (AvgIpc) is 3.07. The number of nitrogens with one attached hydrogen (secondary N) is 2. The summed E-state index contributed by atoms with van der Waals surface area (Å²) in [5.74, 6) is -0.211. The number of piperidine rings is 1. The van der Waals surface area contributed by atoms with Gasteiger partial charge in [0.05, 0.1) is 18.2 Å². The number of aromatic amines is 1. The zero-order valence-corrected chi connectivity index (χ0v) is 16.9. The number of rotatable bonds is 5. The maximum atomic E-state index is 13.4. The molecule has 4 rings (SSSR count). The molecule has 1 saturated heterocycles. The van der Waals surface area contributed by atoms with Gasteiger partial charge in [0, 0.05) is 27.1 Å². The van der Waals surface area contributed by atoms with Crippen molar-refractivity contribution in [2.24, 2.45) is 0 Å². The Kier molecular flexibility index (Phi) is 5.41. The van der Waals surface area contributed by atoms with E-state index in [0.29, 0.717) is 11.6 Å². The van der Waals surface area contributed by atoms with Crippen molar-refractivity contribution >= 4 is 22.5 Å². The largest absolute Gasteiger partial charge is 0.373 e. The first kappa shape index (κ1) is 19.4. The summed E-state index contributed by atoms with van der Waals surface area (Å²) in [5.41, 5.74) is 3.89. The van der Waals surface area contributed by atoms with Crippen molar-refractivity contribution in [3.8, 4) is 0 Å². The van der Waals surface area contributed by atoms with Gasteiger partial charge in [0.25, 0.3) is 0 Å². The molecule has 6 heteroatoms. The summed E-state index contributed by atoms with van der Waals surface area (Å²) in [4.78, 5) is 0.